The largest absolute Gasteiger partial charge is 0.471 e. The van der Waals surface area contributed by atoms with Gasteiger partial charge in [0.05, 0.1) is 18.0 Å². The Balaban J connectivity index is 1.82. The SMILES string of the molecule is Cc1onc(-c2cccnc2)c1COc1cnc(Cl)cn1. The summed E-state index contributed by atoms with van der Waals surface area (Å²) in [7, 11) is 0. The van der Waals surface area contributed by atoms with Crippen molar-refractivity contribution < 1.29 is 9.26 Å². The van der Waals surface area contributed by atoms with E-state index in [-0.39, 0.29) is 6.61 Å². The third-order valence-corrected chi connectivity index (χ3v) is 3.08. The van der Waals surface area contributed by atoms with E-state index in [1.807, 2.05) is 19.1 Å². The summed E-state index contributed by atoms with van der Waals surface area (Å²) < 4.78 is 10.8. The molecule has 21 heavy (non-hydrogen) atoms. The predicted octanol–water partition coefficient (Wildman–Crippen LogP) is 3.07. The molecule has 7 heteroatoms. The molecule has 3 aromatic rings. The van der Waals surface area contributed by atoms with Crippen LogP contribution in [0.5, 0.6) is 5.88 Å². The molecule has 3 rings (SSSR count). The Labute approximate surface area is 125 Å². The number of hydrogen-bond donors (Lipinski definition) is 0. The van der Waals surface area contributed by atoms with Gasteiger partial charge in [0.15, 0.2) is 0 Å². The Morgan fingerprint density at radius 2 is 2.14 bits per heavy atom. The van der Waals surface area contributed by atoms with Crippen LogP contribution in [-0.4, -0.2) is 20.1 Å². The van der Waals surface area contributed by atoms with Gasteiger partial charge < -0.3 is 9.26 Å². The van der Waals surface area contributed by atoms with E-state index in [1.54, 1.807) is 12.4 Å². The van der Waals surface area contributed by atoms with Gasteiger partial charge in [-0.15, -0.1) is 0 Å². The predicted molar refractivity (Wildman–Crippen MR) is 75.8 cm³/mol. The minimum absolute atomic E-state index is 0.274. The van der Waals surface area contributed by atoms with Crippen LogP contribution in [0.2, 0.25) is 5.15 Å². The molecule has 3 heterocycles. The van der Waals surface area contributed by atoms with Gasteiger partial charge in [0.25, 0.3) is 0 Å². The molecule has 0 aliphatic carbocycles. The van der Waals surface area contributed by atoms with Crippen molar-refractivity contribution in [1.82, 2.24) is 20.1 Å². The van der Waals surface area contributed by atoms with Crippen molar-refractivity contribution in [2.24, 2.45) is 0 Å². The topological polar surface area (TPSA) is 73.9 Å². The number of halogens is 1. The third-order valence-electron chi connectivity index (χ3n) is 2.88. The zero-order chi connectivity index (χ0) is 14.7. The Bertz CT molecular complexity index is 728. The smallest absolute Gasteiger partial charge is 0.232 e. The van der Waals surface area contributed by atoms with Crippen molar-refractivity contribution >= 4 is 11.6 Å². The summed E-state index contributed by atoms with van der Waals surface area (Å²) in [6, 6.07) is 3.75. The average molecular weight is 303 g/mol. The van der Waals surface area contributed by atoms with Gasteiger partial charge in [0.2, 0.25) is 5.88 Å². The lowest BCUT2D eigenvalue weighted by Crippen LogP contribution is -2.00. The first-order valence-electron chi connectivity index (χ1n) is 6.20. The van der Waals surface area contributed by atoms with Crippen LogP contribution in [0.1, 0.15) is 11.3 Å². The molecule has 3 aromatic heterocycles. The maximum atomic E-state index is 5.68. The molecular formula is C14H11ClN4O2. The van der Waals surface area contributed by atoms with Crippen LogP contribution in [0, 0.1) is 6.92 Å². The van der Waals surface area contributed by atoms with Gasteiger partial charge >= 0.3 is 0 Å². The Hall–Kier alpha value is -2.47. The van der Waals surface area contributed by atoms with Crippen LogP contribution in [0.4, 0.5) is 0 Å². The molecule has 0 atom stereocenters. The van der Waals surface area contributed by atoms with Crippen LogP contribution in [0.15, 0.2) is 41.4 Å². The first-order valence-corrected chi connectivity index (χ1v) is 6.57. The van der Waals surface area contributed by atoms with E-state index in [2.05, 4.69) is 20.1 Å². The number of hydrogen-bond acceptors (Lipinski definition) is 6. The second kappa shape index (κ2) is 5.88. The van der Waals surface area contributed by atoms with Crippen molar-refractivity contribution in [3.05, 3.63) is 53.4 Å². The zero-order valence-electron chi connectivity index (χ0n) is 11.2. The molecule has 0 saturated carbocycles. The molecular weight excluding hydrogens is 292 g/mol. The first kappa shape index (κ1) is 13.5. The van der Waals surface area contributed by atoms with E-state index in [0.717, 1.165) is 11.1 Å². The van der Waals surface area contributed by atoms with Gasteiger partial charge in [0.1, 0.15) is 23.2 Å². The molecule has 0 spiro atoms. The van der Waals surface area contributed by atoms with Gasteiger partial charge in [-0.3, -0.25) is 4.98 Å². The molecule has 0 amide bonds. The summed E-state index contributed by atoms with van der Waals surface area (Å²) in [6.07, 6.45) is 6.33. The number of pyridine rings is 1. The summed E-state index contributed by atoms with van der Waals surface area (Å²) in [4.78, 5) is 12.0. The van der Waals surface area contributed by atoms with Crippen LogP contribution in [0.3, 0.4) is 0 Å². The molecule has 6 nitrogen and oxygen atoms in total. The quantitative estimate of drug-likeness (QED) is 0.737. The molecule has 0 radical (unpaired) electrons. The lowest BCUT2D eigenvalue weighted by atomic mass is 10.1. The van der Waals surface area contributed by atoms with Gasteiger partial charge in [-0.2, -0.15) is 0 Å². The number of nitrogens with zero attached hydrogens (tertiary/aromatic N) is 4. The van der Waals surface area contributed by atoms with Gasteiger partial charge in [0, 0.05) is 18.0 Å². The number of rotatable bonds is 4. The average Bonchev–Trinajstić information content (AvgIpc) is 2.89. The molecule has 0 unspecified atom stereocenters. The van der Waals surface area contributed by atoms with Gasteiger partial charge in [-0.05, 0) is 19.1 Å². The van der Waals surface area contributed by atoms with Crippen LogP contribution in [-0.2, 0) is 6.61 Å². The highest BCUT2D eigenvalue weighted by Gasteiger charge is 2.15. The first-order chi connectivity index (χ1) is 10.2. The molecule has 0 N–H and O–H groups in total. The van der Waals surface area contributed by atoms with Crippen molar-refractivity contribution in [2.45, 2.75) is 13.5 Å². The van der Waals surface area contributed by atoms with Gasteiger partial charge in [-0.25, -0.2) is 9.97 Å². The van der Waals surface area contributed by atoms with Crippen molar-refractivity contribution in [1.29, 1.82) is 0 Å². The Kier molecular flexibility index (Phi) is 3.79. The number of ether oxygens (including phenoxy) is 1. The minimum atomic E-state index is 0.274. The van der Waals surface area contributed by atoms with E-state index >= 15 is 0 Å². The van der Waals surface area contributed by atoms with Crippen molar-refractivity contribution in [2.75, 3.05) is 0 Å². The second-order valence-corrected chi connectivity index (χ2v) is 4.66. The maximum absolute atomic E-state index is 5.68. The molecule has 0 aliphatic heterocycles. The van der Waals surface area contributed by atoms with E-state index in [9.17, 15) is 0 Å². The highest BCUT2D eigenvalue weighted by atomic mass is 35.5. The highest BCUT2D eigenvalue weighted by molar-refractivity contribution is 6.29. The monoisotopic (exact) mass is 302 g/mol. The summed E-state index contributed by atoms with van der Waals surface area (Å²) >= 11 is 5.68. The van der Waals surface area contributed by atoms with Gasteiger partial charge in [-0.1, -0.05) is 16.8 Å². The summed E-state index contributed by atoms with van der Waals surface area (Å²) in [6.45, 7) is 2.11. The fourth-order valence-electron chi connectivity index (χ4n) is 1.81. The van der Waals surface area contributed by atoms with Crippen LogP contribution < -0.4 is 4.74 Å². The Morgan fingerprint density at radius 1 is 1.24 bits per heavy atom. The molecule has 0 bridgehead atoms. The number of aryl methyl sites for hydroxylation is 1. The number of aromatic nitrogens is 4. The van der Waals surface area contributed by atoms with E-state index < -0.39 is 0 Å². The van der Waals surface area contributed by atoms with E-state index in [0.29, 0.717) is 22.5 Å². The minimum Gasteiger partial charge on any atom is -0.471 e. The molecule has 0 fully saturated rings. The molecule has 0 saturated heterocycles. The van der Waals surface area contributed by atoms with Crippen molar-refractivity contribution in [3.63, 3.8) is 0 Å². The zero-order valence-corrected chi connectivity index (χ0v) is 11.9. The summed E-state index contributed by atoms with van der Waals surface area (Å²) in [5.74, 6) is 1.08. The summed E-state index contributed by atoms with van der Waals surface area (Å²) in [5.41, 5.74) is 2.43. The maximum Gasteiger partial charge on any atom is 0.232 e. The molecule has 106 valence electrons. The van der Waals surface area contributed by atoms with Crippen LogP contribution in [0.25, 0.3) is 11.3 Å². The van der Waals surface area contributed by atoms with Crippen LogP contribution >= 0.6 is 11.6 Å². The lowest BCUT2D eigenvalue weighted by molar-refractivity contribution is 0.289. The normalized spacial score (nSPS) is 10.6. The third kappa shape index (κ3) is 3.00. The Morgan fingerprint density at radius 3 is 2.86 bits per heavy atom. The fourth-order valence-corrected chi connectivity index (χ4v) is 1.91. The summed E-state index contributed by atoms with van der Waals surface area (Å²) in [5, 5.41) is 4.38. The molecule has 0 aromatic carbocycles. The second-order valence-electron chi connectivity index (χ2n) is 4.27. The fraction of sp³-hybridized carbons (Fsp3) is 0.143. The van der Waals surface area contributed by atoms with Crippen molar-refractivity contribution in [3.8, 4) is 17.1 Å². The molecule has 0 aliphatic rings. The standard InChI is InChI=1S/C14H11ClN4O2/c1-9-11(8-20-13-7-17-12(15)6-18-13)14(19-21-9)10-3-2-4-16-5-10/h2-7H,8H2,1H3. The van der Waals surface area contributed by atoms with E-state index in [4.69, 9.17) is 20.9 Å². The van der Waals surface area contributed by atoms with E-state index in [1.165, 1.54) is 12.4 Å². The lowest BCUT2D eigenvalue weighted by Gasteiger charge is -2.05. The highest BCUT2D eigenvalue weighted by Crippen LogP contribution is 2.25.